The number of anilines is 3. The highest BCUT2D eigenvalue weighted by Gasteiger charge is 2.37. The minimum Gasteiger partial charge on any atom is -0.478 e. The zero-order valence-electron chi connectivity index (χ0n) is 26.2. The molecule has 0 bridgehead atoms. The lowest BCUT2D eigenvalue weighted by atomic mass is 9.99. The molecule has 10 nitrogen and oxygen atoms in total. The molecule has 0 aromatic heterocycles. The predicted molar refractivity (Wildman–Crippen MR) is 175 cm³/mol. The first kappa shape index (κ1) is 29.6. The Morgan fingerprint density at radius 3 is 2.38 bits per heavy atom. The van der Waals surface area contributed by atoms with Crippen LogP contribution < -0.4 is 20.4 Å². The summed E-state index contributed by atoms with van der Waals surface area (Å²) in [5.74, 6) is 1.29. The van der Waals surface area contributed by atoms with Gasteiger partial charge in [0, 0.05) is 69.4 Å². The molecular weight excluding hydrogens is 568 g/mol. The summed E-state index contributed by atoms with van der Waals surface area (Å²) in [6.07, 6.45) is 6.51. The highest BCUT2D eigenvalue weighted by atomic mass is 16.5. The van der Waals surface area contributed by atoms with Gasteiger partial charge in [0.05, 0.1) is 11.4 Å². The number of aryl methyl sites for hydroxylation is 1. The highest BCUT2D eigenvalue weighted by Crippen LogP contribution is 2.45. The Balaban J connectivity index is 1.11. The summed E-state index contributed by atoms with van der Waals surface area (Å²) in [6.45, 7) is 7.71. The first-order valence-corrected chi connectivity index (χ1v) is 16.8. The molecule has 3 aliphatic heterocycles. The van der Waals surface area contributed by atoms with Crippen LogP contribution in [0.15, 0.2) is 41.4 Å². The lowest BCUT2D eigenvalue weighted by molar-refractivity contribution is -0.127. The number of likely N-dealkylation sites (tertiary alicyclic amines) is 1. The van der Waals surface area contributed by atoms with E-state index in [1.165, 1.54) is 11.3 Å². The van der Waals surface area contributed by atoms with E-state index in [-0.39, 0.29) is 24.3 Å². The maximum Gasteiger partial charge on any atom is 0.252 e. The number of nitrogens with one attached hydrogen (secondary N) is 2. The van der Waals surface area contributed by atoms with Crippen molar-refractivity contribution in [3.05, 3.63) is 53.1 Å². The van der Waals surface area contributed by atoms with E-state index in [1.807, 2.05) is 11.0 Å². The number of hydrogen-bond donors (Lipinski definition) is 2. The van der Waals surface area contributed by atoms with Gasteiger partial charge in [0.1, 0.15) is 6.61 Å². The van der Waals surface area contributed by atoms with Gasteiger partial charge < -0.3 is 30.1 Å². The minimum absolute atomic E-state index is 0.130. The van der Waals surface area contributed by atoms with Crippen LogP contribution in [0.3, 0.4) is 0 Å². The van der Waals surface area contributed by atoms with E-state index in [9.17, 15) is 14.4 Å². The number of benzene rings is 2. The highest BCUT2D eigenvalue weighted by molar-refractivity contribution is 6.04. The summed E-state index contributed by atoms with van der Waals surface area (Å²) in [7, 11) is 0. The SMILES string of the molecule is Cc1ccccc1N1CCN(c2cc(C3CC3)c(C(=O)NCCCN3CCCC3=O)cc2NC(=O)C2COC(C3CC3)=N2)CC1. The second kappa shape index (κ2) is 12.7. The van der Waals surface area contributed by atoms with Crippen molar-refractivity contribution in [1.29, 1.82) is 0 Å². The molecular formula is C35H44N6O4. The summed E-state index contributed by atoms with van der Waals surface area (Å²) in [5, 5.41) is 6.27. The quantitative estimate of drug-likeness (QED) is 0.371. The number of nitrogens with zero attached hydrogens (tertiary/aromatic N) is 4. The number of piperazine rings is 1. The molecule has 2 saturated heterocycles. The van der Waals surface area contributed by atoms with Crippen LogP contribution in [0.1, 0.15) is 72.3 Å². The third kappa shape index (κ3) is 6.65. The molecule has 2 aromatic rings. The predicted octanol–water partition coefficient (Wildman–Crippen LogP) is 4.09. The van der Waals surface area contributed by atoms with Crippen molar-refractivity contribution in [2.45, 2.75) is 63.8 Å². The molecule has 1 atom stereocenters. The molecule has 238 valence electrons. The first-order chi connectivity index (χ1) is 21.9. The number of carbonyl (C=O) groups excluding carboxylic acids is 3. The van der Waals surface area contributed by atoms with Crippen LogP contribution in [0.25, 0.3) is 0 Å². The fourth-order valence-corrected chi connectivity index (χ4v) is 6.81. The number of rotatable bonds is 11. The van der Waals surface area contributed by atoms with E-state index in [0.717, 1.165) is 76.1 Å². The molecule has 45 heavy (non-hydrogen) atoms. The second-order valence-corrected chi connectivity index (χ2v) is 13.1. The van der Waals surface area contributed by atoms with Gasteiger partial charge in [-0.15, -0.1) is 0 Å². The molecule has 2 saturated carbocycles. The van der Waals surface area contributed by atoms with Gasteiger partial charge in [-0.05, 0) is 80.7 Å². The molecule has 1 unspecified atom stereocenters. The normalized spacial score (nSPS) is 21.5. The molecule has 0 spiro atoms. The number of hydrogen-bond acceptors (Lipinski definition) is 7. The Labute approximate surface area is 265 Å². The van der Waals surface area contributed by atoms with E-state index < -0.39 is 6.04 Å². The van der Waals surface area contributed by atoms with E-state index in [4.69, 9.17) is 4.74 Å². The summed E-state index contributed by atoms with van der Waals surface area (Å²) < 4.78 is 5.76. The topological polar surface area (TPSA) is 107 Å². The zero-order valence-corrected chi connectivity index (χ0v) is 26.2. The Morgan fingerprint density at radius 2 is 1.69 bits per heavy atom. The molecule has 0 radical (unpaired) electrons. The monoisotopic (exact) mass is 612 g/mol. The van der Waals surface area contributed by atoms with E-state index in [2.05, 4.69) is 62.7 Å². The summed E-state index contributed by atoms with van der Waals surface area (Å²) in [6, 6.07) is 11.9. The smallest absolute Gasteiger partial charge is 0.252 e. The van der Waals surface area contributed by atoms with Crippen molar-refractivity contribution in [2.24, 2.45) is 10.9 Å². The maximum atomic E-state index is 13.6. The molecule has 4 fully saturated rings. The summed E-state index contributed by atoms with van der Waals surface area (Å²) >= 11 is 0. The van der Waals surface area contributed by atoms with Gasteiger partial charge >= 0.3 is 0 Å². The van der Waals surface area contributed by atoms with Crippen LogP contribution in [0.5, 0.6) is 0 Å². The fraction of sp³-hybridized carbons (Fsp3) is 0.543. The van der Waals surface area contributed by atoms with Crippen LogP contribution in [-0.4, -0.2) is 87.0 Å². The number of para-hydroxylation sites is 1. The van der Waals surface area contributed by atoms with Gasteiger partial charge in [-0.3, -0.25) is 14.4 Å². The maximum absolute atomic E-state index is 13.6. The average Bonchev–Trinajstić information content (AvgIpc) is 3.99. The summed E-state index contributed by atoms with van der Waals surface area (Å²) in [5.41, 5.74) is 5.81. The molecule has 2 aromatic carbocycles. The molecule has 3 heterocycles. The Bertz CT molecular complexity index is 1490. The zero-order chi connectivity index (χ0) is 30.9. The number of carbonyl (C=O) groups is 3. The van der Waals surface area contributed by atoms with E-state index in [0.29, 0.717) is 54.9 Å². The Kier molecular flexibility index (Phi) is 8.38. The van der Waals surface area contributed by atoms with Crippen molar-refractivity contribution < 1.29 is 19.1 Å². The van der Waals surface area contributed by atoms with E-state index >= 15 is 0 Å². The summed E-state index contributed by atoms with van der Waals surface area (Å²) in [4.78, 5) is 50.4. The third-order valence-corrected chi connectivity index (χ3v) is 9.73. The van der Waals surface area contributed by atoms with Gasteiger partial charge in [-0.25, -0.2) is 4.99 Å². The van der Waals surface area contributed by atoms with Crippen molar-refractivity contribution in [2.75, 3.05) is 67.5 Å². The second-order valence-electron chi connectivity index (χ2n) is 13.1. The van der Waals surface area contributed by atoms with Gasteiger partial charge in [0.25, 0.3) is 11.8 Å². The van der Waals surface area contributed by atoms with Gasteiger partial charge in [-0.1, -0.05) is 18.2 Å². The number of aliphatic imine (C=N–C) groups is 1. The largest absolute Gasteiger partial charge is 0.478 e. The fourth-order valence-electron chi connectivity index (χ4n) is 6.81. The molecule has 10 heteroatoms. The molecule has 2 aliphatic carbocycles. The Morgan fingerprint density at radius 1 is 0.956 bits per heavy atom. The van der Waals surface area contributed by atoms with Crippen LogP contribution in [-0.2, 0) is 14.3 Å². The Hall–Kier alpha value is -4.08. The van der Waals surface area contributed by atoms with Gasteiger partial charge in [0.2, 0.25) is 5.91 Å². The minimum atomic E-state index is -0.583. The van der Waals surface area contributed by atoms with Gasteiger partial charge in [-0.2, -0.15) is 0 Å². The van der Waals surface area contributed by atoms with Crippen LogP contribution in [0.4, 0.5) is 17.1 Å². The average molecular weight is 613 g/mol. The van der Waals surface area contributed by atoms with Crippen LogP contribution in [0, 0.1) is 12.8 Å². The van der Waals surface area contributed by atoms with E-state index in [1.54, 1.807) is 0 Å². The van der Waals surface area contributed by atoms with Crippen LogP contribution in [0.2, 0.25) is 0 Å². The first-order valence-electron chi connectivity index (χ1n) is 16.8. The number of ether oxygens (including phenoxy) is 1. The van der Waals surface area contributed by atoms with Crippen molar-refractivity contribution in [3.8, 4) is 0 Å². The number of amides is 3. The lowest BCUT2D eigenvalue weighted by Gasteiger charge is -2.39. The van der Waals surface area contributed by atoms with Gasteiger partial charge in [0.15, 0.2) is 11.9 Å². The lowest BCUT2D eigenvalue weighted by Crippen LogP contribution is -2.47. The van der Waals surface area contributed by atoms with Crippen molar-refractivity contribution >= 4 is 40.7 Å². The molecule has 2 N–H and O–H groups in total. The molecule has 3 amide bonds. The van der Waals surface area contributed by atoms with Crippen molar-refractivity contribution in [1.82, 2.24) is 10.2 Å². The third-order valence-electron chi connectivity index (χ3n) is 9.73. The molecule has 5 aliphatic rings. The standard InChI is InChI=1S/C35H44N6O4/c1-23-6-2-3-7-30(23)39-16-18-40(19-17-39)31-21-26(24-9-10-24)27(33(43)36-13-5-15-41-14-4-8-32(41)42)20-28(31)37-34(44)29-22-45-35(38-29)25-11-12-25/h2-3,6-7,20-21,24-25,29H,4-5,8-19,22H2,1H3,(H,36,43)(H,37,44). The van der Waals surface area contributed by atoms with Crippen LogP contribution >= 0.6 is 0 Å². The van der Waals surface area contributed by atoms with Crippen molar-refractivity contribution in [3.63, 3.8) is 0 Å². The molecule has 7 rings (SSSR count).